The van der Waals surface area contributed by atoms with Crippen molar-refractivity contribution < 1.29 is 0 Å². The topological polar surface area (TPSA) is 15.3 Å². The van der Waals surface area contributed by atoms with Gasteiger partial charge in [-0.05, 0) is 24.1 Å². The average Bonchev–Trinajstić information content (AvgIpc) is 3.06. The highest BCUT2D eigenvalue weighted by atomic mass is 15.0. The molecule has 104 valence electrons. The number of hydrogen-bond acceptors (Lipinski definition) is 2. The van der Waals surface area contributed by atoms with Crippen LogP contribution >= 0.6 is 0 Å². The molecule has 2 nitrogen and oxygen atoms in total. The molecule has 2 aliphatic carbocycles. The summed E-state index contributed by atoms with van der Waals surface area (Å²) in [6, 6.07) is 8.82. The van der Waals surface area contributed by atoms with E-state index in [0.29, 0.717) is 5.41 Å². The number of allylic oxidation sites excluding steroid dienone is 4. The van der Waals surface area contributed by atoms with Crippen LogP contribution in [0.5, 0.6) is 0 Å². The molecule has 0 saturated heterocycles. The van der Waals surface area contributed by atoms with Crippen LogP contribution in [-0.2, 0) is 5.41 Å². The van der Waals surface area contributed by atoms with E-state index in [2.05, 4.69) is 60.8 Å². The summed E-state index contributed by atoms with van der Waals surface area (Å²) in [5.41, 5.74) is 3.10. The predicted octanol–water partition coefficient (Wildman–Crippen LogP) is 3.91. The number of hydrogen-bond donors (Lipinski definition) is 1. The molecule has 20 heavy (non-hydrogen) atoms. The average molecular weight is 266 g/mol. The Morgan fingerprint density at radius 3 is 2.45 bits per heavy atom. The van der Waals surface area contributed by atoms with E-state index in [0.717, 1.165) is 5.69 Å². The van der Waals surface area contributed by atoms with Crippen molar-refractivity contribution in [3.63, 3.8) is 0 Å². The molecule has 0 spiro atoms. The summed E-state index contributed by atoms with van der Waals surface area (Å²) in [7, 11) is 4.02. The van der Waals surface area contributed by atoms with E-state index in [1.165, 1.54) is 12.0 Å². The van der Waals surface area contributed by atoms with Crippen molar-refractivity contribution in [1.29, 1.82) is 0 Å². The maximum Gasteiger partial charge on any atom is 0.0380 e. The first-order chi connectivity index (χ1) is 9.56. The molecule has 2 aliphatic rings. The maximum absolute atomic E-state index is 3.29. The van der Waals surface area contributed by atoms with E-state index in [4.69, 9.17) is 0 Å². The Kier molecular flexibility index (Phi) is 2.97. The minimum absolute atomic E-state index is 0.236. The van der Waals surface area contributed by atoms with Gasteiger partial charge in [-0.25, -0.2) is 0 Å². The van der Waals surface area contributed by atoms with Crippen LogP contribution < -0.4 is 5.32 Å². The number of nitrogens with zero attached hydrogens (tertiary/aromatic N) is 1. The number of nitrogens with one attached hydrogen (secondary N) is 1. The molecule has 2 unspecified atom stereocenters. The molecule has 0 amide bonds. The minimum atomic E-state index is 0.236. The molecular formula is C18H22N2. The van der Waals surface area contributed by atoms with E-state index in [-0.39, 0.29) is 5.41 Å². The fraction of sp³-hybridized carbons (Fsp3) is 0.333. The van der Waals surface area contributed by atoms with E-state index in [1.807, 2.05) is 31.4 Å². The van der Waals surface area contributed by atoms with Crippen molar-refractivity contribution in [2.24, 2.45) is 5.41 Å². The third-order valence-electron chi connectivity index (χ3n) is 4.52. The van der Waals surface area contributed by atoms with Gasteiger partial charge in [-0.3, -0.25) is 0 Å². The zero-order chi connectivity index (χ0) is 14.2. The molecule has 1 N–H and O–H groups in total. The minimum Gasteiger partial charge on any atom is -0.382 e. The van der Waals surface area contributed by atoms with Gasteiger partial charge in [0.2, 0.25) is 0 Å². The van der Waals surface area contributed by atoms with Gasteiger partial charge in [-0.2, -0.15) is 0 Å². The monoisotopic (exact) mass is 266 g/mol. The van der Waals surface area contributed by atoms with Gasteiger partial charge in [0.25, 0.3) is 0 Å². The molecular weight excluding hydrogens is 244 g/mol. The zero-order valence-electron chi connectivity index (χ0n) is 12.4. The largest absolute Gasteiger partial charge is 0.382 e. The van der Waals surface area contributed by atoms with Gasteiger partial charge in [0, 0.05) is 43.0 Å². The highest BCUT2D eigenvalue weighted by molar-refractivity contribution is 5.54. The summed E-state index contributed by atoms with van der Waals surface area (Å²) < 4.78 is 0. The molecule has 0 heterocycles. The number of benzene rings is 1. The Labute approximate surface area is 121 Å². The Balaban J connectivity index is 1.75. The lowest BCUT2D eigenvalue weighted by molar-refractivity contribution is 0.563. The summed E-state index contributed by atoms with van der Waals surface area (Å²) >= 11 is 0. The second-order valence-corrected chi connectivity index (χ2v) is 6.28. The van der Waals surface area contributed by atoms with Crippen LogP contribution in [0.4, 0.5) is 5.69 Å². The molecule has 1 fully saturated rings. The molecule has 1 aromatic rings. The van der Waals surface area contributed by atoms with Crippen LogP contribution in [0, 0.1) is 5.41 Å². The molecule has 0 radical (unpaired) electrons. The highest BCUT2D eigenvalue weighted by Gasteiger charge is 2.62. The summed E-state index contributed by atoms with van der Waals surface area (Å²) in [5.74, 6) is 0. The first-order valence-electron chi connectivity index (χ1n) is 7.13. The van der Waals surface area contributed by atoms with Crippen LogP contribution in [0.3, 0.4) is 0 Å². The molecule has 1 saturated carbocycles. The fourth-order valence-electron chi connectivity index (χ4n) is 3.15. The second kappa shape index (κ2) is 4.55. The SMILES string of the molecule is CN(C)/C=C\Nc1ccc(C23C=CC=CC2(C)C3)cc1. The smallest absolute Gasteiger partial charge is 0.0380 e. The normalized spacial score (nSPS) is 30.4. The van der Waals surface area contributed by atoms with Gasteiger partial charge in [0.05, 0.1) is 0 Å². The lowest BCUT2D eigenvalue weighted by Crippen LogP contribution is -2.13. The Morgan fingerprint density at radius 2 is 1.80 bits per heavy atom. The van der Waals surface area contributed by atoms with Crippen LogP contribution in [0.25, 0.3) is 0 Å². The quantitative estimate of drug-likeness (QED) is 0.889. The number of fused-ring (bicyclic) bond motifs is 1. The Bertz CT molecular complexity index is 580. The molecule has 0 aliphatic heterocycles. The molecule has 0 bridgehead atoms. The Hall–Kier alpha value is -1.96. The van der Waals surface area contributed by atoms with Crippen molar-refractivity contribution in [2.45, 2.75) is 18.8 Å². The first kappa shape index (κ1) is 13.0. The summed E-state index contributed by atoms with van der Waals surface area (Å²) in [6.45, 7) is 2.35. The summed E-state index contributed by atoms with van der Waals surface area (Å²) in [6.07, 6.45) is 14.2. The van der Waals surface area contributed by atoms with Gasteiger partial charge in [0.15, 0.2) is 0 Å². The first-order valence-corrected chi connectivity index (χ1v) is 7.13. The van der Waals surface area contributed by atoms with E-state index in [9.17, 15) is 0 Å². The third kappa shape index (κ3) is 2.05. The fourth-order valence-corrected chi connectivity index (χ4v) is 3.15. The van der Waals surface area contributed by atoms with Gasteiger partial charge in [-0.1, -0.05) is 43.4 Å². The van der Waals surface area contributed by atoms with Crippen molar-refractivity contribution in [3.8, 4) is 0 Å². The molecule has 2 atom stereocenters. The second-order valence-electron chi connectivity index (χ2n) is 6.28. The van der Waals surface area contributed by atoms with E-state index in [1.54, 1.807) is 0 Å². The van der Waals surface area contributed by atoms with Gasteiger partial charge >= 0.3 is 0 Å². The van der Waals surface area contributed by atoms with Crippen LogP contribution in [0.1, 0.15) is 18.9 Å². The lowest BCUT2D eigenvalue weighted by Gasteiger charge is -2.20. The van der Waals surface area contributed by atoms with Crippen molar-refractivity contribution >= 4 is 5.69 Å². The van der Waals surface area contributed by atoms with Gasteiger partial charge in [-0.15, -0.1) is 0 Å². The molecule has 1 aromatic carbocycles. The number of rotatable bonds is 4. The Morgan fingerprint density at radius 1 is 1.10 bits per heavy atom. The lowest BCUT2D eigenvalue weighted by atomic mass is 9.84. The van der Waals surface area contributed by atoms with Crippen LogP contribution in [0.2, 0.25) is 0 Å². The summed E-state index contributed by atoms with van der Waals surface area (Å²) in [5, 5.41) is 3.29. The molecule has 0 aromatic heterocycles. The van der Waals surface area contributed by atoms with Crippen molar-refractivity contribution in [2.75, 3.05) is 19.4 Å². The molecule has 3 rings (SSSR count). The number of anilines is 1. The van der Waals surface area contributed by atoms with Crippen LogP contribution in [0.15, 0.2) is 61.0 Å². The van der Waals surface area contributed by atoms with Crippen molar-refractivity contribution in [1.82, 2.24) is 4.90 Å². The van der Waals surface area contributed by atoms with Crippen molar-refractivity contribution in [3.05, 3.63) is 66.5 Å². The summed E-state index contributed by atoms with van der Waals surface area (Å²) in [4.78, 5) is 2.01. The van der Waals surface area contributed by atoms with Crippen LogP contribution in [-0.4, -0.2) is 19.0 Å². The van der Waals surface area contributed by atoms with Gasteiger partial charge < -0.3 is 10.2 Å². The molecule has 2 heteroatoms. The van der Waals surface area contributed by atoms with E-state index >= 15 is 0 Å². The van der Waals surface area contributed by atoms with Gasteiger partial charge in [0.1, 0.15) is 0 Å². The third-order valence-corrected chi connectivity index (χ3v) is 4.52. The maximum atomic E-state index is 3.29. The predicted molar refractivity (Wildman–Crippen MR) is 85.6 cm³/mol. The zero-order valence-corrected chi connectivity index (χ0v) is 12.4. The standard InChI is InChI=1S/C18H22N2/c1-17-10-4-5-11-18(17,14-17)15-6-8-16(9-7-15)19-12-13-20(2)3/h4-13,19H,14H2,1-3H3/b13-12-. The van der Waals surface area contributed by atoms with E-state index < -0.39 is 0 Å². The highest BCUT2D eigenvalue weighted by Crippen LogP contribution is 2.67.